The molecule has 2 rings (SSSR count). The van der Waals surface area contributed by atoms with Crippen molar-refractivity contribution in [3.8, 4) is 0 Å². The van der Waals surface area contributed by atoms with Crippen LogP contribution in [0.25, 0.3) is 0 Å². The molecule has 0 atom stereocenters. The van der Waals surface area contributed by atoms with Crippen molar-refractivity contribution in [3.05, 3.63) is 53.5 Å². The van der Waals surface area contributed by atoms with Gasteiger partial charge in [-0.2, -0.15) is 0 Å². The third-order valence-electron chi connectivity index (χ3n) is 3.69. The molecule has 1 heterocycles. The maximum Gasteiger partial charge on any atom is 0.270 e. The van der Waals surface area contributed by atoms with E-state index in [1.54, 1.807) is 6.07 Å². The van der Waals surface area contributed by atoms with Gasteiger partial charge in [-0.25, -0.2) is 9.97 Å². The van der Waals surface area contributed by atoms with Crippen molar-refractivity contribution in [1.82, 2.24) is 15.3 Å². The summed E-state index contributed by atoms with van der Waals surface area (Å²) in [5.41, 5.74) is 1.63. The van der Waals surface area contributed by atoms with Crippen molar-refractivity contribution < 1.29 is 4.79 Å². The Kier molecular flexibility index (Phi) is 6.09. The molecular formula is C18H24N4O. The maximum atomic E-state index is 12.3. The number of amides is 1. The van der Waals surface area contributed by atoms with Crippen molar-refractivity contribution in [2.24, 2.45) is 0 Å². The summed E-state index contributed by atoms with van der Waals surface area (Å²) in [7, 11) is 0. The van der Waals surface area contributed by atoms with E-state index >= 15 is 0 Å². The van der Waals surface area contributed by atoms with Crippen LogP contribution in [0.1, 0.15) is 35.7 Å². The first-order chi connectivity index (χ1) is 11.1. The van der Waals surface area contributed by atoms with E-state index in [2.05, 4.69) is 46.2 Å². The average Bonchev–Trinajstić information content (AvgIpc) is 2.56. The molecule has 0 bridgehead atoms. The minimum atomic E-state index is -0.153. The molecule has 0 saturated heterocycles. The lowest BCUT2D eigenvalue weighted by molar-refractivity contribution is 0.0948. The number of aryl methyl sites for hydroxylation is 1. The molecule has 0 fully saturated rings. The molecule has 5 nitrogen and oxygen atoms in total. The first-order valence-corrected chi connectivity index (χ1v) is 8.06. The molecule has 0 radical (unpaired) electrons. The number of nitrogens with one attached hydrogen (secondary N) is 1. The summed E-state index contributed by atoms with van der Waals surface area (Å²) >= 11 is 0. The Hall–Kier alpha value is -2.43. The maximum absolute atomic E-state index is 12.3. The Morgan fingerprint density at radius 3 is 2.48 bits per heavy atom. The number of carbonyl (C=O) groups is 1. The first-order valence-electron chi connectivity index (χ1n) is 8.06. The van der Waals surface area contributed by atoms with Gasteiger partial charge in [-0.3, -0.25) is 4.79 Å². The fraction of sp³-hybridized carbons (Fsp3) is 0.389. The molecule has 1 aromatic heterocycles. The molecular weight excluding hydrogens is 288 g/mol. The summed E-state index contributed by atoms with van der Waals surface area (Å²) < 4.78 is 0. The standard InChI is InChI=1S/C18H24N4O/c1-4-22(5-2)17-13-16(20-14(3)21-17)18(23)19-12-11-15-9-7-6-8-10-15/h6-10,13H,4-5,11-12H2,1-3H3,(H,19,23). The Balaban J connectivity index is 2.01. The summed E-state index contributed by atoms with van der Waals surface area (Å²) in [5, 5.41) is 2.93. The van der Waals surface area contributed by atoms with Crippen LogP contribution in [0, 0.1) is 6.92 Å². The fourth-order valence-electron chi connectivity index (χ4n) is 2.43. The second kappa shape index (κ2) is 8.27. The molecule has 5 heteroatoms. The van der Waals surface area contributed by atoms with Gasteiger partial charge in [-0.05, 0) is 32.8 Å². The van der Waals surface area contributed by atoms with E-state index in [9.17, 15) is 4.79 Å². The lowest BCUT2D eigenvalue weighted by Gasteiger charge is -2.20. The van der Waals surface area contributed by atoms with Gasteiger partial charge in [-0.15, -0.1) is 0 Å². The van der Waals surface area contributed by atoms with Crippen LogP contribution < -0.4 is 10.2 Å². The first kappa shape index (κ1) is 16.9. The van der Waals surface area contributed by atoms with Crippen LogP contribution in [-0.2, 0) is 6.42 Å². The van der Waals surface area contributed by atoms with E-state index < -0.39 is 0 Å². The molecule has 0 aliphatic carbocycles. The summed E-state index contributed by atoms with van der Waals surface area (Å²) in [6, 6.07) is 11.9. The van der Waals surface area contributed by atoms with Crippen LogP contribution in [-0.4, -0.2) is 35.5 Å². The highest BCUT2D eigenvalue weighted by molar-refractivity contribution is 5.92. The van der Waals surface area contributed by atoms with Gasteiger partial charge in [0.2, 0.25) is 0 Å². The highest BCUT2D eigenvalue weighted by Crippen LogP contribution is 2.12. The second-order valence-electron chi connectivity index (χ2n) is 5.32. The fourth-order valence-corrected chi connectivity index (χ4v) is 2.43. The number of nitrogens with zero attached hydrogens (tertiary/aromatic N) is 3. The van der Waals surface area contributed by atoms with Gasteiger partial charge in [0.25, 0.3) is 5.91 Å². The minimum absolute atomic E-state index is 0.153. The molecule has 0 aliphatic heterocycles. The van der Waals surface area contributed by atoms with Crippen LogP contribution >= 0.6 is 0 Å². The van der Waals surface area contributed by atoms with Crippen LogP contribution in [0.2, 0.25) is 0 Å². The van der Waals surface area contributed by atoms with Crippen molar-refractivity contribution in [2.45, 2.75) is 27.2 Å². The van der Waals surface area contributed by atoms with Crippen molar-refractivity contribution in [1.29, 1.82) is 0 Å². The zero-order chi connectivity index (χ0) is 16.7. The third kappa shape index (κ3) is 4.77. The van der Waals surface area contributed by atoms with Gasteiger partial charge >= 0.3 is 0 Å². The molecule has 2 aromatic rings. The van der Waals surface area contributed by atoms with Gasteiger partial charge in [0.15, 0.2) is 0 Å². The number of hydrogen-bond donors (Lipinski definition) is 1. The van der Waals surface area contributed by atoms with Crippen LogP contribution in [0.15, 0.2) is 36.4 Å². The van der Waals surface area contributed by atoms with Gasteiger partial charge in [-0.1, -0.05) is 30.3 Å². The zero-order valence-electron chi connectivity index (χ0n) is 14.0. The summed E-state index contributed by atoms with van der Waals surface area (Å²) in [6.45, 7) is 8.24. The average molecular weight is 312 g/mol. The zero-order valence-corrected chi connectivity index (χ0v) is 14.0. The SMILES string of the molecule is CCN(CC)c1cc(C(=O)NCCc2ccccc2)nc(C)n1. The van der Waals surface area contributed by atoms with Gasteiger partial charge in [0, 0.05) is 25.7 Å². The Labute approximate surface area is 137 Å². The smallest absolute Gasteiger partial charge is 0.270 e. The lowest BCUT2D eigenvalue weighted by atomic mass is 10.1. The number of hydrogen-bond acceptors (Lipinski definition) is 4. The number of anilines is 1. The third-order valence-corrected chi connectivity index (χ3v) is 3.69. The number of rotatable bonds is 7. The Bertz CT molecular complexity index is 639. The quantitative estimate of drug-likeness (QED) is 0.854. The van der Waals surface area contributed by atoms with E-state index in [1.807, 2.05) is 25.1 Å². The molecule has 1 amide bonds. The topological polar surface area (TPSA) is 58.1 Å². The molecule has 23 heavy (non-hydrogen) atoms. The van der Waals surface area contributed by atoms with Crippen molar-refractivity contribution in [2.75, 3.05) is 24.5 Å². The summed E-state index contributed by atoms with van der Waals surface area (Å²) in [4.78, 5) is 23.1. The lowest BCUT2D eigenvalue weighted by Crippen LogP contribution is -2.28. The van der Waals surface area contributed by atoms with Crippen LogP contribution in [0.3, 0.4) is 0 Å². The largest absolute Gasteiger partial charge is 0.357 e. The minimum Gasteiger partial charge on any atom is -0.357 e. The van der Waals surface area contributed by atoms with Gasteiger partial charge in [0.1, 0.15) is 17.3 Å². The Morgan fingerprint density at radius 1 is 1.13 bits per heavy atom. The molecule has 0 saturated carbocycles. The molecule has 1 aromatic carbocycles. The highest BCUT2D eigenvalue weighted by atomic mass is 16.1. The second-order valence-corrected chi connectivity index (χ2v) is 5.32. The van der Waals surface area contributed by atoms with Crippen LogP contribution in [0.5, 0.6) is 0 Å². The van der Waals surface area contributed by atoms with E-state index in [0.29, 0.717) is 18.1 Å². The number of aromatic nitrogens is 2. The van der Waals surface area contributed by atoms with Crippen LogP contribution in [0.4, 0.5) is 5.82 Å². The van der Waals surface area contributed by atoms with E-state index in [0.717, 1.165) is 25.3 Å². The molecule has 1 N–H and O–H groups in total. The van der Waals surface area contributed by atoms with Crippen molar-refractivity contribution >= 4 is 11.7 Å². The van der Waals surface area contributed by atoms with Crippen molar-refractivity contribution in [3.63, 3.8) is 0 Å². The molecule has 122 valence electrons. The highest BCUT2D eigenvalue weighted by Gasteiger charge is 2.12. The van der Waals surface area contributed by atoms with Gasteiger partial charge < -0.3 is 10.2 Å². The molecule has 0 unspecified atom stereocenters. The molecule has 0 aliphatic rings. The van der Waals surface area contributed by atoms with E-state index in [1.165, 1.54) is 5.56 Å². The Morgan fingerprint density at radius 2 is 1.83 bits per heavy atom. The van der Waals surface area contributed by atoms with E-state index in [-0.39, 0.29) is 5.91 Å². The monoisotopic (exact) mass is 312 g/mol. The normalized spacial score (nSPS) is 10.4. The molecule has 0 spiro atoms. The predicted octanol–water partition coefficient (Wildman–Crippen LogP) is 2.60. The van der Waals surface area contributed by atoms with Gasteiger partial charge in [0.05, 0.1) is 0 Å². The summed E-state index contributed by atoms with van der Waals surface area (Å²) in [6.07, 6.45) is 0.805. The number of benzene rings is 1. The predicted molar refractivity (Wildman–Crippen MR) is 92.8 cm³/mol. The summed E-state index contributed by atoms with van der Waals surface area (Å²) in [5.74, 6) is 1.26. The van der Waals surface area contributed by atoms with E-state index in [4.69, 9.17) is 0 Å². The number of carbonyl (C=O) groups excluding carboxylic acids is 1.